The van der Waals surface area contributed by atoms with Crippen LogP contribution in [0.4, 0.5) is 0 Å². The molecule has 0 radical (unpaired) electrons. The van der Waals surface area contributed by atoms with E-state index in [0.717, 1.165) is 23.0 Å². The van der Waals surface area contributed by atoms with E-state index < -0.39 is 5.97 Å². The van der Waals surface area contributed by atoms with Crippen molar-refractivity contribution in [1.29, 1.82) is 0 Å². The van der Waals surface area contributed by atoms with Gasteiger partial charge in [0.05, 0.1) is 31.5 Å². The third kappa shape index (κ3) is 3.37. The highest BCUT2D eigenvalue weighted by atomic mass is 16.5. The van der Waals surface area contributed by atoms with Crippen molar-refractivity contribution in [3.05, 3.63) is 53.9 Å². The number of rotatable bonds is 6. The van der Waals surface area contributed by atoms with Gasteiger partial charge in [-0.3, -0.25) is 4.98 Å². The number of hydrogen-bond donors (Lipinski definition) is 0. The van der Waals surface area contributed by atoms with E-state index in [0.29, 0.717) is 24.7 Å². The fourth-order valence-electron chi connectivity index (χ4n) is 2.41. The molecule has 0 bridgehead atoms. The van der Waals surface area contributed by atoms with E-state index in [9.17, 15) is 4.79 Å². The molecule has 0 N–H and O–H groups in total. The van der Waals surface area contributed by atoms with Gasteiger partial charge in [-0.05, 0) is 18.6 Å². The van der Waals surface area contributed by atoms with Gasteiger partial charge in [-0.1, -0.05) is 31.2 Å². The molecule has 2 aromatic heterocycles. The standard InChI is InChI=1S/C18H19N3O3/c1-3-10-24-17-11-16(18(22)23-2)21(20-17)12-14-9-8-13-6-4-5-7-15(13)19-14/h4-9,11H,3,10,12H2,1-2H3. The molecule has 0 spiro atoms. The monoisotopic (exact) mass is 325 g/mol. The summed E-state index contributed by atoms with van der Waals surface area (Å²) in [6, 6.07) is 13.4. The van der Waals surface area contributed by atoms with E-state index in [1.54, 1.807) is 10.7 Å². The Morgan fingerprint density at radius 3 is 2.83 bits per heavy atom. The van der Waals surface area contributed by atoms with Crippen LogP contribution in [0.1, 0.15) is 29.5 Å². The number of benzene rings is 1. The van der Waals surface area contributed by atoms with Gasteiger partial charge in [0.2, 0.25) is 5.88 Å². The molecule has 0 fully saturated rings. The van der Waals surface area contributed by atoms with Gasteiger partial charge < -0.3 is 9.47 Å². The average molecular weight is 325 g/mol. The van der Waals surface area contributed by atoms with Gasteiger partial charge in [0, 0.05) is 11.5 Å². The number of pyridine rings is 1. The second-order valence-electron chi connectivity index (χ2n) is 5.36. The maximum Gasteiger partial charge on any atom is 0.356 e. The maximum atomic E-state index is 12.0. The van der Waals surface area contributed by atoms with Crippen molar-refractivity contribution in [3.8, 4) is 5.88 Å². The first-order valence-electron chi connectivity index (χ1n) is 7.85. The topological polar surface area (TPSA) is 66.2 Å². The van der Waals surface area contributed by atoms with E-state index in [4.69, 9.17) is 9.47 Å². The minimum Gasteiger partial charge on any atom is -0.477 e. The van der Waals surface area contributed by atoms with Gasteiger partial charge in [0.25, 0.3) is 0 Å². The van der Waals surface area contributed by atoms with Crippen molar-refractivity contribution < 1.29 is 14.3 Å². The molecule has 124 valence electrons. The van der Waals surface area contributed by atoms with E-state index in [2.05, 4.69) is 10.1 Å². The summed E-state index contributed by atoms with van der Waals surface area (Å²) in [6.45, 7) is 2.92. The number of ether oxygens (including phenoxy) is 2. The summed E-state index contributed by atoms with van der Waals surface area (Å²) in [5.41, 5.74) is 2.06. The fourth-order valence-corrected chi connectivity index (χ4v) is 2.41. The zero-order valence-electron chi connectivity index (χ0n) is 13.7. The zero-order chi connectivity index (χ0) is 16.9. The van der Waals surface area contributed by atoms with Crippen molar-refractivity contribution in [3.63, 3.8) is 0 Å². The van der Waals surface area contributed by atoms with Crippen molar-refractivity contribution >= 4 is 16.9 Å². The predicted molar refractivity (Wildman–Crippen MR) is 90.2 cm³/mol. The van der Waals surface area contributed by atoms with Gasteiger partial charge in [0.1, 0.15) is 0 Å². The Morgan fingerprint density at radius 2 is 2.04 bits per heavy atom. The Kier molecular flexibility index (Phi) is 4.74. The lowest BCUT2D eigenvalue weighted by Crippen LogP contribution is -2.13. The number of methoxy groups -OCH3 is 1. The van der Waals surface area contributed by atoms with Crippen molar-refractivity contribution in [2.75, 3.05) is 13.7 Å². The highest BCUT2D eigenvalue weighted by molar-refractivity contribution is 5.87. The summed E-state index contributed by atoms with van der Waals surface area (Å²) in [5.74, 6) is -0.0346. The van der Waals surface area contributed by atoms with Gasteiger partial charge >= 0.3 is 5.97 Å². The minimum absolute atomic E-state index is 0.346. The van der Waals surface area contributed by atoms with E-state index in [-0.39, 0.29) is 0 Å². The predicted octanol–water partition coefficient (Wildman–Crippen LogP) is 3.06. The molecule has 1 aromatic carbocycles. The molecule has 0 aliphatic heterocycles. The van der Waals surface area contributed by atoms with Crippen LogP contribution in [-0.4, -0.2) is 34.5 Å². The van der Waals surface area contributed by atoms with Crippen LogP contribution >= 0.6 is 0 Å². The molecule has 6 heteroatoms. The van der Waals surface area contributed by atoms with Crippen molar-refractivity contribution in [1.82, 2.24) is 14.8 Å². The molecule has 24 heavy (non-hydrogen) atoms. The summed E-state index contributed by atoms with van der Waals surface area (Å²) >= 11 is 0. The van der Waals surface area contributed by atoms with Crippen LogP contribution in [-0.2, 0) is 11.3 Å². The average Bonchev–Trinajstić information content (AvgIpc) is 3.02. The Labute approximate surface area is 140 Å². The molecule has 0 saturated heterocycles. The Hall–Kier alpha value is -2.89. The number of fused-ring (bicyclic) bond motifs is 1. The smallest absolute Gasteiger partial charge is 0.356 e. The molecule has 0 atom stereocenters. The highest BCUT2D eigenvalue weighted by Crippen LogP contribution is 2.17. The Morgan fingerprint density at radius 1 is 1.21 bits per heavy atom. The maximum absolute atomic E-state index is 12.0. The van der Waals surface area contributed by atoms with E-state index in [1.807, 2.05) is 43.3 Å². The van der Waals surface area contributed by atoms with Crippen molar-refractivity contribution in [2.24, 2.45) is 0 Å². The van der Waals surface area contributed by atoms with Crippen LogP contribution in [0, 0.1) is 0 Å². The number of esters is 1. The molecule has 0 unspecified atom stereocenters. The van der Waals surface area contributed by atoms with Crippen LogP contribution in [0.5, 0.6) is 5.88 Å². The number of carbonyl (C=O) groups excluding carboxylic acids is 1. The summed E-state index contributed by atoms with van der Waals surface area (Å²) in [5, 5.41) is 5.42. The second-order valence-corrected chi connectivity index (χ2v) is 5.36. The van der Waals surface area contributed by atoms with Crippen molar-refractivity contribution in [2.45, 2.75) is 19.9 Å². The summed E-state index contributed by atoms with van der Waals surface area (Å²) in [4.78, 5) is 16.6. The molecule has 6 nitrogen and oxygen atoms in total. The number of nitrogens with zero attached hydrogens (tertiary/aromatic N) is 3. The van der Waals surface area contributed by atoms with Gasteiger partial charge in [-0.2, -0.15) is 0 Å². The largest absolute Gasteiger partial charge is 0.477 e. The molecule has 3 rings (SSSR count). The minimum atomic E-state index is -0.449. The first-order chi connectivity index (χ1) is 11.7. The Bertz CT molecular complexity index is 858. The third-order valence-electron chi connectivity index (χ3n) is 3.57. The summed E-state index contributed by atoms with van der Waals surface area (Å²) < 4.78 is 11.9. The Balaban J connectivity index is 1.91. The lowest BCUT2D eigenvalue weighted by Gasteiger charge is -2.06. The van der Waals surface area contributed by atoms with Gasteiger partial charge in [0.15, 0.2) is 5.69 Å². The van der Waals surface area contributed by atoms with E-state index >= 15 is 0 Å². The lowest BCUT2D eigenvalue weighted by atomic mass is 10.2. The number of carbonyl (C=O) groups is 1. The summed E-state index contributed by atoms with van der Waals surface area (Å²) in [6.07, 6.45) is 0.868. The quantitative estimate of drug-likeness (QED) is 0.652. The van der Waals surface area contributed by atoms with Gasteiger partial charge in [-0.25, -0.2) is 9.48 Å². The molecule has 0 aliphatic carbocycles. The third-order valence-corrected chi connectivity index (χ3v) is 3.57. The van der Waals surface area contributed by atoms with Crippen LogP contribution in [0.25, 0.3) is 10.9 Å². The molecule has 0 amide bonds. The van der Waals surface area contributed by atoms with Crippen LogP contribution < -0.4 is 4.74 Å². The zero-order valence-corrected chi connectivity index (χ0v) is 13.7. The molecule has 3 aromatic rings. The van der Waals surface area contributed by atoms with Crippen LogP contribution in [0.3, 0.4) is 0 Å². The van der Waals surface area contributed by atoms with E-state index in [1.165, 1.54) is 7.11 Å². The normalized spacial score (nSPS) is 10.8. The SMILES string of the molecule is CCCOc1cc(C(=O)OC)n(Cc2ccc3ccccc3n2)n1. The lowest BCUT2D eigenvalue weighted by molar-refractivity contribution is 0.0587. The first kappa shape index (κ1) is 16.0. The number of aromatic nitrogens is 3. The second kappa shape index (κ2) is 7.12. The summed E-state index contributed by atoms with van der Waals surface area (Å²) in [7, 11) is 1.35. The van der Waals surface area contributed by atoms with Crippen LogP contribution in [0.2, 0.25) is 0 Å². The molecule has 2 heterocycles. The van der Waals surface area contributed by atoms with Gasteiger partial charge in [-0.15, -0.1) is 5.10 Å². The molecule has 0 saturated carbocycles. The van der Waals surface area contributed by atoms with Crippen LogP contribution in [0.15, 0.2) is 42.5 Å². The molecular weight excluding hydrogens is 306 g/mol. The molecular formula is C18H19N3O3. The number of hydrogen-bond acceptors (Lipinski definition) is 5. The number of para-hydroxylation sites is 1. The molecule has 0 aliphatic rings. The first-order valence-corrected chi connectivity index (χ1v) is 7.85. The highest BCUT2D eigenvalue weighted by Gasteiger charge is 2.17. The fraction of sp³-hybridized carbons (Fsp3) is 0.278.